The van der Waals surface area contributed by atoms with Gasteiger partial charge in [0.2, 0.25) is 17.7 Å². The first kappa shape index (κ1) is 51.0. The van der Waals surface area contributed by atoms with Gasteiger partial charge in [0, 0.05) is 62.9 Å². The lowest BCUT2D eigenvalue weighted by Crippen LogP contribution is -2.69. The van der Waals surface area contributed by atoms with Crippen LogP contribution in [0.5, 0.6) is 0 Å². The Hall–Kier alpha value is -2.44. The van der Waals surface area contributed by atoms with E-state index in [9.17, 15) is 54.9 Å². The van der Waals surface area contributed by atoms with Crippen molar-refractivity contribution in [1.29, 1.82) is 0 Å². The summed E-state index contributed by atoms with van der Waals surface area (Å²) in [4.78, 5) is 55.5. The molecule has 5 heterocycles. The second-order valence-corrected chi connectivity index (χ2v) is 20.7. The predicted octanol–water partition coefficient (Wildman–Crippen LogP) is -4.46. The highest BCUT2D eigenvalue weighted by Gasteiger charge is 2.59. The fourth-order valence-corrected chi connectivity index (χ4v) is 12.2. The number of ether oxygens (including phenoxy) is 5. The quantitative estimate of drug-likeness (QED) is 0.0293. The number of unbranched alkanes of at least 4 members (excludes halogenated alkanes) is 1. The lowest BCUT2D eigenvalue weighted by Gasteiger charge is -2.48. The Labute approximate surface area is 382 Å². The molecule has 0 bridgehead atoms. The van der Waals surface area contributed by atoms with E-state index in [4.69, 9.17) is 23.7 Å². The van der Waals surface area contributed by atoms with Crippen LogP contribution in [0.3, 0.4) is 0 Å². The second kappa shape index (κ2) is 23.5. The van der Waals surface area contributed by atoms with Crippen molar-refractivity contribution >= 4 is 63.1 Å². The lowest BCUT2D eigenvalue weighted by molar-refractivity contribution is -0.339. The van der Waals surface area contributed by atoms with Gasteiger partial charge in [-0.25, -0.2) is 9.79 Å². The summed E-state index contributed by atoms with van der Waals surface area (Å²) in [6.45, 7) is -0.411. The van der Waals surface area contributed by atoms with Gasteiger partial charge in [-0.05, 0) is 12.8 Å². The molecule has 364 valence electrons. The molecule has 5 aliphatic heterocycles. The molecule has 1 aliphatic carbocycles. The molecule has 4 saturated heterocycles. The molecule has 0 spiro atoms. The number of nitrogens with zero attached hydrogens (tertiary/aromatic N) is 2. The Bertz CT molecular complexity index is 1630. The number of carbonyl (C=O) groups is 4. The molecule has 64 heavy (non-hydrogen) atoms. The summed E-state index contributed by atoms with van der Waals surface area (Å²) in [7, 11) is 6.26. The van der Waals surface area contributed by atoms with Gasteiger partial charge < -0.3 is 90.9 Å². The summed E-state index contributed by atoms with van der Waals surface area (Å²) in [5.74, 6) is -0.212. The first-order chi connectivity index (χ1) is 30.6. The third kappa shape index (κ3) is 12.2. The monoisotopic (exact) mass is 969 g/mol. The summed E-state index contributed by atoms with van der Waals surface area (Å²) >= 11 is 1.85. The van der Waals surface area contributed by atoms with Gasteiger partial charge in [-0.1, -0.05) is 28.0 Å². The van der Waals surface area contributed by atoms with Gasteiger partial charge in [0.15, 0.2) is 12.6 Å². The van der Waals surface area contributed by atoms with Gasteiger partial charge in [-0.3, -0.25) is 14.4 Å². The van der Waals surface area contributed by atoms with Gasteiger partial charge in [-0.2, -0.15) is 11.8 Å². The molecular formula is C38H63N7O16S3. The molecule has 3 unspecified atom stereocenters. The Morgan fingerprint density at radius 2 is 1.53 bits per heavy atom. The van der Waals surface area contributed by atoms with Crippen LogP contribution in [0.4, 0.5) is 4.79 Å². The number of urea groups is 1. The van der Waals surface area contributed by atoms with Crippen molar-refractivity contribution in [3.8, 4) is 0 Å². The first-order valence-electron chi connectivity index (χ1n) is 21.5. The molecule has 18 atom stereocenters. The van der Waals surface area contributed by atoms with Gasteiger partial charge in [0.05, 0.1) is 43.9 Å². The van der Waals surface area contributed by atoms with Crippen molar-refractivity contribution in [2.75, 3.05) is 57.7 Å². The number of amides is 5. The maximum absolute atomic E-state index is 13.2. The lowest BCUT2D eigenvalue weighted by atomic mass is 9.94. The summed E-state index contributed by atoms with van der Waals surface area (Å²) < 4.78 is 30.0. The Morgan fingerprint density at radius 1 is 0.844 bits per heavy atom. The van der Waals surface area contributed by atoms with Crippen LogP contribution in [-0.2, 0) is 38.1 Å². The number of hydrogen-bond donors (Lipinski definition) is 12. The number of thioether (sulfide) groups is 1. The smallest absolute Gasteiger partial charge is 0.315 e. The zero-order valence-electron chi connectivity index (χ0n) is 35.8. The minimum Gasteiger partial charge on any atom is -0.459 e. The van der Waals surface area contributed by atoms with Crippen LogP contribution in [0.25, 0.3) is 0 Å². The molecule has 5 amide bonds. The zero-order chi connectivity index (χ0) is 46.2. The van der Waals surface area contributed by atoms with E-state index in [0.29, 0.717) is 29.7 Å². The topological polar surface area (TPSA) is 332 Å². The molecule has 6 rings (SSSR count). The van der Waals surface area contributed by atoms with Crippen molar-refractivity contribution < 1.29 is 78.6 Å². The standard InChI is InChI=1S/C38H63N7O16S3/c1-16(49)40-27-31(55)34(20(14-48)58-36(27)59-33-17(12-46)32-25(30(33)54)44-38(61-32)45(2)3)60-35-26(29(53)28(52)19(13-47)57-35)42-23(51)8-10-63-64-11-9-39-22(50)7-5-4-6-21-24-18(15-62-21)41-37(56)43-24/h17-21,24-36,46-48,52-55H,4-15H2,1-3H3,(H,39,50)(H,40,49)(H,42,51)(H2,41,43,56)/t17-,18?,19+,20+,21?,24?,25+,26+,27+,28+,29-,30+,31-,32-,33+,34+,35-,36-/m0/s1. The highest BCUT2D eigenvalue weighted by atomic mass is 33.1. The molecule has 26 heteroatoms. The van der Waals surface area contributed by atoms with E-state index in [1.807, 2.05) is 11.8 Å². The molecule has 0 aromatic carbocycles. The van der Waals surface area contributed by atoms with E-state index in [1.54, 1.807) is 19.0 Å². The normalized spacial score (nSPS) is 38.9. The maximum Gasteiger partial charge on any atom is 0.315 e. The average molecular weight is 970 g/mol. The fourth-order valence-electron chi connectivity index (χ4n) is 8.78. The molecular weight excluding hydrogens is 907 g/mol. The van der Waals surface area contributed by atoms with Crippen LogP contribution in [0, 0.1) is 5.92 Å². The molecule has 6 aliphatic rings. The number of rotatable bonds is 21. The van der Waals surface area contributed by atoms with E-state index in [-0.39, 0.29) is 36.5 Å². The number of aliphatic hydroxyl groups excluding tert-OH is 7. The van der Waals surface area contributed by atoms with E-state index in [1.165, 1.54) is 28.5 Å². The number of carbonyl (C=O) groups excluding carboxylic acids is 4. The summed E-state index contributed by atoms with van der Waals surface area (Å²) in [6, 6.07) is -3.18. The molecule has 1 saturated carbocycles. The van der Waals surface area contributed by atoms with Crippen molar-refractivity contribution in [2.45, 2.75) is 142 Å². The Balaban J connectivity index is 0.972. The highest BCUT2D eigenvalue weighted by molar-refractivity contribution is 8.76. The molecule has 0 aromatic rings. The molecule has 12 N–H and O–H groups in total. The van der Waals surface area contributed by atoms with Crippen LogP contribution < -0.4 is 26.6 Å². The van der Waals surface area contributed by atoms with Gasteiger partial charge in [-0.15, -0.1) is 0 Å². The minimum absolute atomic E-state index is 0.0332. The van der Waals surface area contributed by atoms with Crippen LogP contribution in [0.1, 0.15) is 39.0 Å². The second-order valence-electron chi connectivity index (χ2n) is 16.8. The van der Waals surface area contributed by atoms with Crippen molar-refractivity contribution in [3.63, 3.8) is 0 Å². The third-order valence-electron chi connectivity index (χ3n) is 12.1. The van der Waals surface area contributed by atoms with Crippen molar-refractivity contribution in [2.24, 2.45) is 10.9 Å². The Morgan fingerprint density at radius 3 is 2.22 bits per heavy atom. The number of amidine groups is 1. The van der Waals surface area contributed by atoms with Crippen LogP contribution in [0.15, 0.2) is 4.99 Å². The number of aliphatic imine (C=N–C) groups is 1. The van der Waals surface area contributed by atoms with E-state index in [2.05, 4.69) is 31.6 Å². The van der Waals surface area contributed by atoms with E-state index >= 15 is 0 Å². The highest BCUT2D eigenvalue weighted by Crippen LogP contribution is 2.40. The number of fused-ring (bicyclic) bond motifs is 2. The SMILES string of the molecule is CC(=O)N[C@H]1[C@H](O[C@H]2[C@H](O)[C@H]3N=C(N(C)C)O[C@H]3[C@@H]2CO)O[C@H](CO)[C@@H](O[C@@H]2O[C@H](CO)[C@@H](O)[C@@H](O)[C@H]2NC(=O)CCSSCCNC(=O)CCCCC2SCC3NC(=O)NC32)[C@H]1O. The number of hydrogen-bond acceptors (Lipinski definition) is 21. The molecule has 0 aromatic heterocycles. The summed E-state index contributed by atoms with van der Waals surface area (Å²) in [5.41, 5.74) is 0. The number of aliphatic hydroxyl groups is 7. The zero-order valence-corrected chi connectivity index (χ0v) is 38.3. The average Bonchev–Trinajstić information content (AvgIpc) is 4.02. The molecule has 23 nitrogen and oxygen atoms in total. The summed E-state index contributed by atoms with van der Waals surface area (Å²) in [6.07, 6.45) is -12.8. The fraction of sp³-hybridized carbons (Fsp3) is 0.868. The van der Waals surface area contributed by atoms with Crippen molar-refractivity contribution in [1.82, 2.24) is 31.5 Å². The maximum atomic E-state index is 13.2. The van der Waals surface area contributed by atoms with E-state index in [0.717, 1.165) is 25.0 Å². The van der Waals surface area contributed by atoms with Crippen LogP contribution in [0.2, 0.25) is 0 Å². The minimum atomic E-state index is -1.72. The summed E-state index contributed by atoms with van der Waals surface area (Å²) in [5, 5.41) is 89.9. The van der Waals surface area contributed by atoms with Crippen LogP contribution >= 0.6 is 33.3 Å². The first-order valence-corrected chi connectivity index (χ1v) is 25.0. The van der Waals surface area contributed by atoms with Crippen molar-refractivity contribution in [3.05, 3.63) is 0 Å². The van der Waals surface area contributed by atoms with Crippen LogP contribution in [-0.4, -0.2) is 231 Å². The van der Waals surface area contributed by atoms with E-state index < -0.39 is 123 Å². The Kier molecular flexibility index (Phi) is 18.7. The number of nitrogens with one attached hydrogen (secondary N) is 5. The van der Waals surface area contributed by atoms with Gasteiger partial charge in [0.1, 0.15) is 67.0 Å². The predicted molar refractivity (Wildman–Crippen MR) is 232 cm³/mol. The third-order valence-corrected chi connectivity index (χ3v) is 16.0. The molecule has 5 fully saturated rings. The largest absolute Gasteiger partial charge is 0.459 e. The van der Waals surface area contributed by atoms with Gasteiger partial charge >= 0.3 is 6.03 Å². The molecule has 0 radical (unpaired) electrons. The van der Waals surface area contributed by atoms with Gasteiger partial charge in [0.25, 0.3) is 6.02 Å².